The van der Waals surface area contributed by atoms with Crippen LogP contribution >= 0.6 is 11.8 Å². The topological polar surface area (TPSA) is 40.5 Å². The van der Waals surface area contributed by atoms with Crippen molar-refractivity contribution >= 4 is 23.4 Å². The maximum absolute atomic E-state index is 10.8. The van der Waals surface area contributed by atoms with Crippen LogP contribution in [0.4, 0.5) is 5.69 Å². The summed E-state index contributed by atoms with van der Waals surface area (Å²) in [6, 6.07) is 6.37. The van der Waals surface area contributed by atoms with Crippen LogP contribution in [0.1, 0.15) is 6.92 Å². The number of carbonyl (C=O) groups is 1. The minimum atomic E-state index is -0.335. The highest BCUT2D eigenvalue weighted by Crippen LogP contribution is 2.27. The van der Waals surface area contributed by atoms with Gasteiger partial charge in [-0.3, -0.25) is 4.79 Å². The zero-order valence-corrected chi connectivity index (χ0v) is 7.25. The van der Waals surface area contributed by atoms with E-state index in [2.05, 4.69) is 0 Å². The maximum Gasteiger partial charge on any atom is 0.238 e. The van der Waals surface area contributed by atoms with E-state index in [1.54, 1.807) is 18.2 Å². The number of hydrogen-bond donors (Lipinski definition) is 1. The number of phenolic OH excluding ortho intramolecular Hbond substituents is 1. The van der Waals surface area contributed by atoms with Gasteiger partial charge in [0.25, 0.3) is 0 Å². The molecule has 0 spiro atoms. The standard InChI is InChI=1S/C8H8ClNO2/c1-6(11)10(9)7-4-2-3-5-8(7)12/h2-5,12H,1H3. The molecule has 0 saturated heterocycles. The Hall–Kier alpha value is -1.22. The van der Waals surface area contributed by atoms with Crippen molar-refractivity contribution in [2.75, 3.05) is 4.42 Å². The summed E-state index contributed by atoms with van der Waals surface area (Å²) in [6.45, 7) is 1.32. The molecular weight excluding hydrogens is 178 g/mol. The molecule has 0 aromatic heterocycles. The highest BCUT2D eigenvalue weighted by molar-refractivity contribution is 6.36. The van der Waals surface area contributed by atoms with Crippen LogP contribution in [0.25, 0.3) is 0 Å². The first kappa shape index (κ1) is 8.87. The number of rotatable bonds is 1. The summed E-state index contributed by atoms with van der Waals surface area (Å²) in [6.07, 6.45) is 0. The van der Waals surface area contributed by atoms with E-state index < -0.39 is 0 Å². The molecule has 3 nitrogen and oxygen atoms in total. The third-order valence-corrected chi connectivity index (χ3v) is 1.79. The molecule has 0 saturated carbocycles. The van der Waals surface area contributed by atoms with Gasteiger partial charge >= 0.3 is 0 Å². The van der Waals surface area contributed by atoms with Crippen LogP contribution in [0, 0.1) is 0 Å². The molecule has 4 heteroatoms. The predicted octanol–water partition coefficient (Wildman–Crippen LogP) is 1.90. The van der Waals surface area contributed by atoms with Crippen molar-refractivity contribution in [3.63, 3.8) is 0 Å². The Balaban J connectivity index is 3.02. The molecule has 0 radical (unpaired) electrons. The smallest absolute Gasteiger partial charge is 0.238 e. The van der Waals surface area contributed by atoms with Crippen LogP contribution in [-0.4, -0.2) is 11.0 Å². The number of para-hydroxylation sites is 2. The fraction of sp³-hybridized carbons (Fsp3) is 0.125. The van der Waals surface area contributed by atoms with Crippen molar-refractivity contribution in [1.82, 2.24) is 0 Å². The fourth-order valence-corrected chi connectivity index (χ4v) is 0.943. The summed E-state index contributed by atoms with van der Waals surface area (Å²) in [5, 5.41) is 9.25. The van der Waals surface area contributed by atoms with Gasteiger partial charge in [-0.2, -0.15) is 0 Å². The Kier molecular flexibility index (Phi) is 2.55. The van der Waals surface area contributed by atoms with Crippen molar-refractivity contribution in [3.8, 4) is 5.75 Å². The van der Waals surface area contributed by atoms with Crippen LogP contribution in [0.2, 0.25) is 0 Å². The van der Waals surface area contributed by atoms with E-state index in [-0.39, 0.29) is 11.7 Å². The lowest BCUT2D eigenvalue weighted by atomic mass is 10.3. The van der Waals surface area contributed by atoms with Crippen molar-refractivity contribution in [2.45, 2.75) is 6.92 Å². The largest absolute Gasteiger partial charge is 0.506 e. The molecular formula is C8H8ClNO2. The highest BCUT2D eigenvalue weighted by atomic mass is 35.5. The van der Waals surface area contributed by atoms with Crippen molar-refractivity contribution < 1.29 is 9.90 Å². The number of benzene rings is 1. The molecule has 0 aliphatic carbocycles. The summed E-state index contributed by atoms with van der Waals surface area (Å²) in [5.41, 5.74) is 0.298. The minimum Gasteiger partial charge on any atom is -0.506 e. The summed E-state index contributed by atoms with van der Waals surface area (Å²) >= 11 is 5.57. The van der Waals surface area contributed by atoms with Crippen LogP contribution in [0.15, 0.2) is 24.3 Å². The molecule has 1 amide bonds. The first-order valence-corrected chi connectivity index (χ1v) is 3.71. The Morgan fingerprint density at radius 1 is 1.50 bits per heavy atom. The van der Waals surface area contributed by atoms with Gasteiger partial charge in [-0.1, -0.05) is 12.1 Å². The van der Waals surface area contributed by atoms with Crippen LogP contribution in [-0.2, 0) is 4.79 Å². The molecule has 0 atom stereocenters. The lowest BCUT2D eigenvalue weighted by Gasteiger charge is -2.11. The zero-order valence-electron chi connectivity index (χ0n) is 6.49. The van der Waals surface area contributed by atoms with Gasteiger partial charge in [0, 0.05) is 18.7 Å². The van der Waals surface area contributed by atoms with Crippen LogP contribution in [0.3, 0.4) is 0 Å². The fourth-order valence-electron chi connectivity index (χ4n) is 0.800. The number of halogens is 1. The van der Waals surface area contributed by atoms with Crippen LogP contribution in [0.5, 0.6) is 5.75 Å². The number of aromatic hydroxyl groups is 1. The first-order chi connectivity index (χ1) is 5.63. The van der Waals surface area contributed by atoms with E-state index >= 15 is 0 Å². The van der Waals surface area contributed by atoms with Gasteiger partial charge in [-0.25, -0.2) is 4.42 Å². The van der Waals surface area contributed by atoms with Gasteiger partial charge in [-0.15, -0.1) is 0 Å². The van der Waals surface area contributed by atoms with E-state index in [0.29, 0.717) is 5.69 Å². The van der Waals surface area contributed by atoms with E-state index in [1.807, 2.05) is 0 Å². The maximum atomic E-state index is 10.8. The number of amides is 1. The van der Waals surface area contributed by atoms with Gasteiger partial charge in [-0.05, 0) is 12.1 Å². The lowest BCUT2D eigenvalue weighted by molar-refractivity contribution is -0.115. The summed E-state index contributed by atoms with van der Waals surface area (Å²) in [5.74, 6) is -0.346. The number of anilines is 1. The minimum absolute atomic E-state index is 0.0114. The molecule has 0 aliphatic rings. The van der Waals surface area contributed by atoms with E-state index in [1.165, 1.54) is 13.0 Å². The molecule has 1 aromatic rings. The molecule has 1 rings (SSSR count). The number of carbonyl (C=O) groups excluding carboxylic acids is 1. The molecule has 64 valence electrons. The average Bonchev–Trinajstić information content (AvgIpc) is 2.04. The molecule has 0 bridgehead atoms. The lowest BCUT2D eigenvalue weighted by Crippen LogP contribution is -2.16. The van der Waals surface area contributed by atoms with E-state index in [4.69, 9.17) is 11.8 Å². The first-order valence-electron chi connectivity index (χ1n) is 3.37. The molecule has 0 unspecified atom stereocenters. The number of nitrogens with zero attached hydrogens (tertiary/aromatic N) is 1. The Bertz CT molecular complexity index is 301. The van der Waals surface area contributed by atoms with Crippen molar-refractivity contribution in [3.05, 3.63) is 24.3 Å². The molecule has 1 aromatic carbocycles. The Morgan fingerprint density at radius 3 is 2.58 bits per heavy atom. The zero-order chi connectivity index (χ0) is 9.14. The van der Waals surface area contributed by atoms with Crippen LogP contribution < -0.4 is 4.42 Å². The average molecular weight is 186 g/mol. The van der Waals surface area contributed by atoms with Gasteiger partial charge in [0.1, 0.15) is 11.4 Å². The van der Waals surface area contributed by atoms with Gasteiger partial charge in [0.2, 0.25) is 5.91 Å². The normalized spacial score (nSPS) is 9.50. The second-order valence-electron chi connectivity index (χ2n) is 2.29. The van der Waals surface area contributed by atoms with Crippen molar-refractivity contribution in [1.29, 1.82) is 0 Å². The van der Waals surface area contributed by atoms with E-state index in [0.717, 1.165) is 4.42 Å². The van der Waals surface area contributed by atoms with E-state index in [9.17, 15) is 9.90 Å². The third kappa shape index (κ3) is 1.68. The molecule has 12 heavy (non-hydrogen) atoms. The monoisotopic (exact) mass is 185 g/mol. The van der Waals surface area contributed by atoms with Crippen molar-refractivity contribution in [2.24, 2.45) is 0 Å². The third-order valence-electron chi connectivity index (χ3n) is 1.37. The molecule has 0 heterocycles. The number of hydrogen-bond acceptors (Lipinski definition) is 2. The SMILES string of the molecule is CC(=O)N(Cl)c1ccccc1O. The predicted molar refractivity (Wildman–Crippen MR) is 47.1 cm³/mol. The summed E-state index contributed by atoms with van der Waals surface area (Å²) in [7, 11) is 0. The quantitative estimate of drug-likeness (QED) is 0.679. The Morgan fingerprint density at radius 2 is 2.08 bits per heavy atom. The summed E-state index contributed by atoms with van der Waals surface area (Å²) in [4.78, 5) is 10.8. The molecule has 1 N–H and O–H groups in total. The highest BCUT2D eigenvalue weighted by Gasteiger charge is 2.11. The molecule has 0 fully saturated rings. The summed E-state index contributed by atoms with van der Waals surface area (Å²) < 4.78 is 0.870. The second-order valence-corrected chi connectivity index (χ2v) is 2.63. The number of phenols is 1. The molecule has 0 aliphatic heterocycles. The second kappa shape index (κ2) is 3.45. The Labute approximate surface area is 75.3 Å². The van der Waals surface area contributed by atoms with Gasteiger partial charge in [0.05, 0.1) is 0 Å². The van der Waals surface area contributed by atoms with Gasteiger partial charge < -0.3 is 5.11 Å². The van der Waals surface area contributed by atoms with Gasteiger partial charge in [0.15, 0.2) is 0 Å².